The summed E-state index contributed by atoms with van der Waals surface area (Å²) in [5.41, 5.74) is 2.83. The molecular formula is C15H19N3O2. The normalized spacial score (nSPS) is 21.9. The Morgan fingerprint density at radius 1 is 1.45 bits per heavy atom. The average Bonchev–Trinajstić information content (AvgIpc) is 2.53. The highest BCUT2D eigenvalue weighted by Crippen LogP contribution is 2.25. The molecule has 1 aliphatic carbocycles. The Labute approximate surface area is 118 Å². The molecule has 1 atom stereocenters. The minimum absolute atomic E-state index is 0.0353. The van der Waals surface area contributed by atoms with E-state index in [4.69, 9.17) is 9.47 Å². The van der Waals surface area contributed by atoms with Crippen LogP contribution in [0.4, 0.5) is 0 Å². The van der Waals surface area contributed by atoms with E-state index < -0.39 is 0 Å². The van der Waals surface area contributed by atoms with Crippen molar-refractivity contribution in [3.8, 4) is 11.9 Å². The minimum atomic E-state index is 0.0353. The molecule has 1 saturated heterocycles. The van der Waals surface area contributed by atoms with Gasteiger partial charge in [0, 0.05) is 18.8 Å². The van der Waals surface area contributed by atoms with Crippen molar-refractivity contribution < 1.29 is 9.47 Å². The summed E-state index contributed by atoms with van der Waals surface area (Å²) in [5, 5.41) is 12.5. The average molecular weight is 273 g/mol. The minimum Gasteiger partial charge on any atom is -0.474 e. The third-order valence-corrected chi connectivity index (χ3v) is 3.80. The number of aromatic nitrogens is 1. The number of aryl methyl sites for hydroxylation is 2. The van der Waals surface area contributed by atoms with Crippen LogP contribution in [-0.2, 0) is 17.6 Å². The summed E-state index contributed by atoms with van der Waals surface area (Å²) in [6.07, 6.45) is 4.39. The number of hydrogen-bond donors (Lipinski definition) is 1. The van der Waals surface area contributed by atoms with Crippen molar-refractivity contribution in [3.63, 3.8) is 0 Å². The quantitative estimate of drug-likeness (QED) is 0.896. The van der Waals surface area contributed by atoms with Crippen molar-refractivity contribution in [3.05, 3.63) is 22.9 Å². The molecule has 1 aliphatic heterocycles. The van der Waals surface area contributed by atoms with Gasteiger partial charge in [0.25, 0.3) is 0 Å². The highest BCUT2D eigenvalue weighted by molar-refractivity contribution is 5.43. The Hall–Kier alpha value is -1.64. The van der Waals surface area contributed by atoms with E-state index in [1.54, 1.807) is 0 Å². The van der Waals surface area contributed by atoms with Gasteiger partial charge in [-0.15, -0.1) is 0 Å². The summed E-state index contributed by atoms with van der Waals surface area (Å²) in [6, 6.07) is 4.13. The monoisotopic (exact) mass is 273 g/mol. The van der Waals surface area contributed by atoms with Gasteiger partial charge in [-0.2, -0.15) is 5.26 Å². The van der Waals surface area contributed by atoms with Gasteiger partial charge in [0.2, 0.25) is 5.88 Å². The molecule has 1 aromatic heterocycles. The van der Waals surface area contributed by atoms with Crippen molar-refractivity contribution in [1.82, 2.24) is 10.3 Å². The largest absolute Gasteiger partial charge is 0.474 e. The number of pyridine rings is 1. The lowest BCUT2D eigenvalue weighted by Gasteiger charge is -2.24. The first-order valence-electron chi connectivity index (χ1n) is 7.25. The van der Waals surface area contributed by atoms with E-state index in [2.05, 4.69) is 16.4 Å². The second-order valence-corrected chi connectivity index (χ2v) is 5.27. The Kier molecular flexibility index (Phi) is 4.14. The molecule has 1 fully saturated rings. The van der Waals surface area contributed by atoms with Gasteiger partial charge in [0.05, 0.1) is 6.61 Å². The molecule has 106 valence electrons. The molecule has 0 spiro atoms. The third-order valence-electron chi connectivity index (χ3n) is 3.80. The van der Waals surface area contributed by atoms with Crippen LogP contribution < -0.4 is 10.1 Å². The first-order valence-corrected chi connectivity index (χ1v) is 7.25. The molecule has 1 aromatic rings. The van der Waals surface area contributed by atoms with Gasteiger partial charge < -0.3 is 14.8 Å². The molecule has 20 heavy (non-hydrogen) atoms. The maximum Gasteiger partial charge on any atom is 0.232 e. The van der Waals surface area contributed by atoms with Crippen LogP contribution in [0.1, 0.15) is 29.7 Å². The number of morpholine rings is 1. The van der Waals surface area contributed by atoms with E-state index in [1.807, 2.05) is 6.07 Å². The molecule has 0 radical (unpaired) electrons. The van der Waals surface area contributed by atoms with Crippen LogP contribution in [0.5, 0.6) is 5.88 Å². The molecular weight excluding hydrogens is 254 g/mol. The van der Waals surface area contributed by atoms with Gasteiger partial charge in [-0.25, -0.2) is 4.98 Å². The van der Waals surface area contributed by atoms with Gasteiger partial charge in [0.15, 0.2) is 0 Å². The van der Waals surface area contributed by atoms with Crippen molar-refractivity contribution in [2.24, 2.45) is 0 Å². The number of hydrogen-bond acceptors (Lipinski definition) is 5. The lowest BCUT2D eigenvalue weighted by molar-refractivity contribution is -0.000853. The topological polar surface area (TPSA) is 67.2 Å². The molecule has 0 amide bonds. The second kappa shape index (κ2) is 6.21. The van der Waals surface area contributed by atoms with E-state index in [0.29, 0.717) is 24.7 Å². The van der Waals surface area contributed by atoms with Crippen LogP contribution in [0.3, 0.4) is 0 Å². The molecule has 3 rings (SSSR count). The SMILES string of the molecule is N#Cc1cc2c(nc1OCC1CNCCO1)CCCC2. The Morgan fingerprint density at radius 2 is 2.35 bits per heavy atom. The summed E-state index contributed by atoms with van der Waals surface area (Å²) in [6.45, 7) is 2.81. The number of ether oxygens (including phenoxy) is 2. The third kappa shape index (κ3) is 2.92. The molecule has 2 aliphatic rings. The maximum absolute atomic E-state index is 9.24. The number of nitrogens with zero attached hydrogens (tertiary/aromatic N) is 2. The molecule has 5 nitrogen and oxygen atoms in total. The maximum atomic E-state index is 9.24. The highest BCUT2D eigenvalue weighted by atomic mass is 16.5. The molecule has 1 N–H and O–H groups in total. The fourth-order valence-corrected chi connectivity index (χ4v) is 2.70. The molecule has 0 saturated carbocycles. The van der Waals surface area contributed by atoms with E-state index in [1.165, 1.54) is 18.4 Å². The van der Waals surface area contributed by atoms with Gasteiger partial charge >= 0.3 is 0 Å². The predicted molar refractivity (Wildman–Crippen MR) is 73.7 cm³/mol. The van der Waals surface area contributed by atoms with Gasteiger partial charge in [-0.3, -0.25) is 0 Å². The molecule has 2 heterocycles. The first-order chi connectivity index (χ1) is 9.86. The first kappa shape index (κ1) is 13.3. The summed E-state index contributed by atoms with van der Waals surface area (Å²) >= 11 is 0. The molecule has 5 heteroatoms. The van der Waals surface area contributed by atoms with Crippen LogP contribution in [0.15, 0.2) is 6.07 Å². The van der Waals surface area contributed by atoms with Crippen LogP contribution in [0, 0.1) is 11.3 Å². The summed E-state index contributed by atoms with van der Waals surface area (Å²) in [4.78, 5) is 4.55. The zero-order valence-corrected chi connectivity index (χ0v) is 11.5. The predicted octanol–water partition coefficient (Wildman–Crippen LogP) is 1.20. The number of fused-ring (bicyclic) bond motifs is 1. The lowest BCUT2D eigenvalue weighted by Crippen LogP contribution is -2.41. The Morgan fingerprint density at radius 3 is 3.15 bits per heavy atom. The fourth-order valence-electron chi connectivity index (χ4n) is 2.70. The van der Waals surface area contributed by atoms with E-state index in [0.717, 1.165) is 31.6 Å². The zero-order valence-electron chi connectivity index (χ0n) is 11.5. The summed E-state index contributed by atoms with van der Waals surface area (Å²) in [5.74, 6) is 0.460. The van der Waals surface area contributed by atoms with Crippen molar-refractivity contribution in [2.75, 3.05) is 26.3 Å². The number of rotatable bonds is 3. The van der Waals surface area contributed by atoms with Crippen LogP contribution in [0.2, 0.25) is 0 Å². The summed E-state index contributed by atoms with van der Waals surface area (Å²) in [7, 11) is 0. The van der Waals surface area contributed by atoms with E-state index >= 15 is 0 Å². The second-order valence-electron chi connectivity index (χ2n) is 5.27. The Bertz CT molecular complexity index is 519. The lowest BCUT2D eigenvalue weighted by atomic mass is 9.95. The van der Waals surface area contributed by atoms with Crippen LogP contribution in [-0.4, -0.2) is 37.4 Å². The van der Waals surface area contributed by atoms with Crippen molar-refractivity contribution in [2.45, 2.75) is 31.8 Å². The highest BCUT2D eigenvalue weighted by Gasteiger charge is 2.18. The van der Waals surface area contributed by atoms with Gasteiger partial charge in [-0.1, -0.05) is 0 Å². The molecule has 0 aromatic carbocycles. The van der Waals surface area contributed by atoms with Crippen molar-refractivity contribution in [1.29, 1.82) is 5.26 Å². The van der Waals surface area contributed by atoms with Gasteiger partial charge in [0.1, 0.15) is 24.3 Å². The van der Waals surface area contributed by atoms with E-state index in [-0.39, 0.29) is 6.10 Å². The Balaban J connectivity index is 1.72. The molecule has 1 unspecified atom stereocenters. The van der Waals surface area contributed by atoms with Crippen molar-refractivity contribution >= 4 is 0 Å². The summed E-state index contributed by atoms with van der Waals surface area (Å²) < 4.78 is 11.3. The number of nitriles is 1. The smallest absolute Gasteiger partial charge is 0.232 e. The van der Waals surface area contributed by atoms with Crippen LogP contribution in [0.25, 0.3) is 0 Å². The van der Waals surface area contributed by atoms with Gasteiger partial charge in [-0.05, 0) is 37.3 Å². The standard InChI is InChI=1S/C15H19N3O2/c16-8-12-7-11-3-1-2-4-14(11)18-15(12)20-10-13-9-17-5-6-19-13/h7,13,17H,1-6,9-10H2. The van der Waals surface area contributed by atoms with E-state index in [9.17, 15) is 5.26 Å². The van der Waals surface area contributed by atoms with Crippen LogP contribution >= 0.6 is 0 Å². The number of nitrogens with one attached hydrogen (secondary N) is 1. The zero-order chi connectivity index (χ0) is 13.8. The fraction of sp³-hybridized carbons (Fsp3) is 0.600. The molecule has 0 bridgehead atoms.